The Labute approximate surface area is 170 Å². The van der Waals surface area contributed by atoms with E-state index in [1.54, 1.807) is 18.2 Å². The second kappa shape index (κ2) is 9.03. The molecule has 0 aromatic heterocycles. The van der Waals surface area contributed by atoms with Gasteiger partial charge in [-0.05, 0) is 38.0 Å². The average molecular weight is 458 g/mol. The fourth-order valence-electron chi connectivity index (χ4n) is 3.84. The van der Waals surface area contributed by atoms with Crippen LogP contribution in [-0.4, -0.2) is 61.8 Å². The minimum atomic E-state index is -3.50. The molecule has 1 atom stereocenters. The number of sulfonamides is 1. The molecule has 1 saturated carbocycles. The molecule has 150 valence electrons. The van der Waals surface area contributed by atoms with Crippen molar-refractivity contribution in [2.24, 2.45) is 0 Å². The van der Waals surface area contributed by atoms with Gasteiger partial charge in [-0.25, -0.2) is 8.42 Å². The van der Waals surface area contributed by atoms with Crippen molar-refractivity contribution in [2.75, 3.05) is 26.2 Å². The summed E-state index contributed by atoms with van der Waals surface area (Å²) >= 11 is 3.33. The van der Waals surface area contributed by atoms with Crippen LogP contribution in [0.1, 0.15) is 39.0 Å². The van der Waals surface area contributed by atoms with E-state index in [0.29, 0.717) is 37.1 Å². The highest BCUT2D eigenvalue weighted by Crippen LogP contribution is 2.22. The number of nitrogens with zero attached hydrogens (tertiary/aromatic N) is 2. The molecule has 8 heteroatoms. The Morgan fingerprint density at radius 3 is 2.44 bits per heavy atom. The second-order valence-electron chi connectivity index (χ2n) is 7.42. The van der Waals surface area contributed by atoms with E-state index in [-0.39, 0.29) is 11.9 Å². The number of halogens is 1. The lowest BCUT2D eigenvalue weighted by atomic mass is 9.95. The van der Waals surface area contributed by atoms with Gasteiger partial charge < -0.3 is 5.32 Å². The molecule has 1 heterocycles. The number of carbonyl (C=O) groups is 1. The zero-order valence-electron chi connectivity index (χ0n) is 15.7. The zero-order chi connectivity index (χ0) is 19.4. The molecular weight excluding hydrogens is 430 g/mol. The number of piperazine rings is 1. The summed E-state index contributed by atoms with van der Waals surface area (Å²) in [5.74, 6) is 0.0604. The van der Waals surface area contributed by atoms with E-state index in [9.17, 15) is 13.2 Å². The molecule has 0 spiro atoms. The summed E-state index contributed by atoms with van der Waals surface area (Å²) in [6.07, 6.45) is 5.77. The first-order valence-electron chi connectivity index (χ1n) is 9.68. The summed E-state index contributed by atoms with van der Waals surface area (Å²) in [6, 6.07) is 6.85. The Hall–Kier alpha value is -0.960. The van der Waals surface area contributed by atoms with Crippen molar-refractivity contribution >= 4 is 31.9 Å². The molecule has 1 aromatic rings. The Morgan fingerprint density at radius 2 is 1.81 bits per heavy atom. The first kappa shape index (κ1) is 20.8. The van der Waals surface area contributed by atoms with Gasteiger partial charge in [-0.3, -0.25) is 9.69 Å². The topological polar surface area (TPSA) is 69.7 Å². The van der Waals surface area contributed by atoms with E-state index in [0.717, 1.165) is 17.3 Å². The van der Waals surface area contributed by atoms with Gasteiger partial charge in [0.05, 0.1) is 10.9 Å². The van der Waals surface area contributed by atoms with E-state index in [2.05, 4.69) is 26.1 Å². The van der Waals surface area contributed by atoms with E-state index in [1.807, 2.05) is 13.0 Å². The molecule has 1 aromatic carbocycles. The standard InChI is InChI=1S/C19H28BrN3O3S/c1-15(19(24)21-17-7-3-2-4-8-17)22-10-12-23(13-11-22)27(25,26)18-9-5-6-16(20)14-18/h5-6,9,14-15,17H,2-4,7-8,10-13H2,1H3,(H,21,24)/t15-/m1/s1. The molecule has 1 saturated heterocycles. The minimum Gasteiger partial charge on any atom is -0.352 e. The average Bonchev–Trinajstić information content (AvgIpc) is 2.68. The Bertz CT molecular complexity index is 757. The van der Waals surface area contributed by atoms with Gasteiger partial charge >= 0.3 is 0 Å². The molecule has 6 nitrogen and oxygen atoms in total. The Morgan fingerprint density at radius 1 is 1.15 bits per heavy atom. The van der Waals surface area contributed by atoms with Crippen molar-refractivity contribution in [3.63, 3.8) is 0 Å². The summed E-state index contributed by atoms with van der Waals surface area (Å²) in [5, 5.41) is 3.17. The van der Waals surface area contributed by atoms with Crippen molar-refractivity contribution in [1.82, 2.24) is 14.5 Å². The predicted octanol–water partition coefficient (Wildman–Crippen LogP) is 2.59. The van der Waals surface area contributed by atoms with Crippen LogP contribution < -0.4 is 5.32 Å². The highest BCUT2D eigenvalue weighted by atomic mass is 79.9. The van der Waals surface area contributed by atoms with Crippen LogP contribution in [0.5, 0.6) is 0 Å². The van der Waals surface area contributed by atoms with Crippen molar-refractivity contribution in [3.05, 3.63) is 28.7 Å². The third-order valence-corrected chi connectivity index (χ3v) is 7.97. The first-order chi connectivity index (χ1) is 12.9. The minimum absolute atomic E-state index is 0.0604. The summed E-state index contributed by atoms with van der Waals surface area (Å²) < 4.78 is 27.9. The van der Waals surface area contributed by atoms with Crippen LogP contribution in [0.15, 0.2) is 33.6 Å². The highest BCUT2D eigenvalue weighted by Gasteiger charge is 2.32. The molecule has 2 aliphatic rings. The second-order valence-corrected chi connectivity index (χ2v) is 10.3. The normalized spacial score (nSPS) is 21.7. The molecule has 0 radical (unpaired) electrons. The molecule has 0 unspecified atom stereocenters. The maximum atomic E-state index is 12.8. The lowest BCUT2D eigenvalue weighted by molar-refractivity contribution is -0.127. The van der Waals surface area contributed by atoms with Crippen molar-refractivity contribution in [2.45, 2.75) is 56.0 Å². The van der Waals surface area contributed by atoms with Crippen LogP contribution in [0.4, 0.5) is 0 Å². The van der Waals surface area contributed by atoms with E-state index in [4.69, 9.17) is 0 Å². The monoisotopic (exact) mass is 457 g/mol. The molecule has 1 N–H and O–H groups in total. The van der Waals surface area contributed by atoms with Gasteiger partial charge in [-0.2, -0.15) is 4.31 Å². The molecule has 0 bridgehead atoms. The van der Waals surface area contributed by atoms with Gasteiger partial charge in [0.25, 0.3) is 0 Å². The van der Waals surface area contributed by atoms with Crippen LogP contribution in [0.25, 0.3) is 0 Å². The quantitative estimate of drug-likeness (QED) is 0.737. The first-order valence-corrected chi connectivity index (χ1v) is 11.9. The fourth-order valence-corrected chi connectivity index (χ4v) is 5.86. The molecule has 27 heavy (non-hydrogen) atoms. The lowest BCUT2D eigenvalue weighted by Crippen LogP contribution is -2.55. The van der Waals surface area contributed by atoms with Crippen molar-refractivity contribution in [1.29, 1.82) is 0 Å². The van der Waals surface area contributed by atoms with Crippen molar-refractivity contribution in [3.8, 4) is 0 Å². The number of carbonyl (C=O) groups excluding carboxylic acids is 1. The third-order valence-electron chi connectivity index (χ3n) is 5.59. The van der Waals surface area contributed by atoms with Crippen LogP contribution in [0.3, 0.4) is 0 Å². The molecule has 1 aliphatic carbocycles. The molecule has 3 rings (SSSR count). The summed E-state index contributed by atoms with van der Waals surface area (Å²) in [5.41, 5.74) is 0. The smallest absolute Gasteiger partial charge is 0.243 e. The van der Waals surface area contributed by atoms with Gasteiger partial charge in [0.1, 0.15) is 0 Å². The molecular formula is C19H28BrN3O3S. The van der Waals surface area contributed by atoms with Gasteiger partial charge in [0.2, 0.25) is 15.9 Å². The summed E-state index contributed by atoms with van der Waals surface area (Å²) in [4.78, 5) is 14.9. The van der Waals surface area contributed by atoms with Crippen LogP contribution in [0, 0.1) is 0 Å². The maximum Gasteiger partial charge on any atom is 0.243 e. The molecule has 1 amide bonds. The summed E-state index contributed by atoms with van der Waals surface area (Å²) in [6.45, 7) is 3.83. The Balaban J connectivity index is 1.55. The SMILES string of the molecule is C[C@H](C(=O)NC1CCCCC1)N1CCN(S(=O)(=O)c2cccc(Br)c2)CC1. The van der Waals surface area contributed by atoms with Gasteiger partial charge in [0, 0.05) is 36.7 Å². The van der Waals surface area contributed by atoms with E-state index < -0.39 is 10.0 Å². The third kappa shape index (κ3) is 5.10. The van der Waals surface area contributed by atoms with Gasteiger partial charge in [0.15, 0.2) is 0 Å². The molecule has 2 fully saturated rings. The fraction of sp³-hybridized carbons (Fsp3) is 0.632. The number of benzene rings is 1. The van der Waals surface area contributed by atoms with Crippen LogP contribution in [-0.2, 0) is 14.8 Å². The van der Waals surface area contributed by atoms with E-state index in [1.165, 1.54) is 23.6 Å². The van der Waals surface area contributed by atoms with Crippen LogP contribution in [0.2, 0.25) is 0 Å². The lowest BCUT2D eigenvalue weighted by Gasteiger charge is -2.37. The number of amides is 1. The highest BCUT2D eigenvalue weighted by molar-refractivity contribution is 9.10. The van der Waals surface area contributed by atoms with Crippen LogP contribution >= 0.6 is 15.9 Å². The number of hydrogen-bond acceptors (Lipinski definition) is 4. The zero-order valence-corrected chi connectivity index (χ0v) is 18.1. The number of hydrogen-bond donors (Lipinski definition) is 1. The summed E-state index contributed by atoms with van der Waals surface area (Å²) in [7, 11) is -3.50. The number of nitrogens with one attached hydrogen (secondary N) is 1. The number of rotatable bonds is 5. The van der Waals surface area contributed by atoms with Gasteiger partial charge in [-0.1, -0.05) is 41.3 Å². The predicted molar refractivity (Wildman–Crippen MR) is 109 cm³/mol. The van der Waals surface area contributed by atoms with Crippen molar-refractivity contribution < 1.29 is 13.2 Å². The molecule has 1 aliphatic heterocycles. The largest absolute Gasteiger partial charge is 0.352 e. The Kier molecular flexibility index (Phi) is 6.94. The van der Waals surface area contributed by atoms with E-state index >= 15 is 0 Å². The van der Waals surface area contributed by atoms with Gasteiger partial charge in [-0.15, -0.1) is 0 Å². The maximum absolute atomic E-state index is 12.8.